The fourth-order valence-corrected chi connectivity index (χ4v) is 1.85. The normalized spacial score (nSPS) is 18.6. The van der Waals surface area contributed by atoms with Crippen molar-refractivity contribution in [2.45, 2.75) is 33.3 Å². The van der Waals surface area contributed by atoms with E-state index < -0.39 is 5.60 Å². The first-order chi connectivity index (χ1) is 9.73. The maximum absolute atomic E-state index is 11.9. The molecule has 1 amide bonds. The van der Waals surface area contributed by atoms with Crippen LogP contribution in [0.3, 0.4) is 0 Å². The number of aliphatic hydroxyl groups is 1. The van der Waals surface area contributed by atoms with Crippen molar-refractivity contribution < 1.29 is 14.6 Å². The van der Waals surface area contributed by atoms with Crippen LogP contribution >= 0.6 is 0 Å². The highest BCUT2D eigenvalue weighted by Gasteiger charge is 2.26. The van der Waals surface area contributed by atoms with Crippen LogP contribution in [-0.2, 0) is 4.74 Å². The van der Waals surface area contributed by atoms with Crippen LogP contribution in [0, 0.1) is 5.92 Å². The van der Waals surface area contributed by atoms with Crippen LogP contribution in [0.1, 0.15) is 27.7 Å². The summed E-state index contributed by atoms with van der Waals surface area (Å²) >= 11 is 0. The van der Waals surface area contributed by atoms with Gasteiger partial charge in [-0.25, -0.2) is 4.79 Å². The first kappa shape index (κ1) is 17.6. The molecule has 7 nitrogen and oxygen atoms in total. The molecule has 21 heavy (non-hydrogen) atoms. The molecule has 0 spiro atoms. The lowest BCUT2D eigenvalue weighted by Gasteiger charge is -2.36. The number of hydrogen-bond donors (Lipinski definition) is 2. The quantitative estimate of drug-likeness (QED) is 0.584. The molecular formula is C14H28N4O3. The molecule has 0 radical (unpaired) electrons. The number of ether oxygens (including phenoxy) is 1. The number of hydrogen-bond acceptors (Lipinski definition) is 4. The number of nitrogens with two attached hydrogens (primary N) is 1. The molecule has 7 heteroatoms. The number of aliphatic imine (C=N–C) groups is 1. The molecule has 1 heterocycles. The van der Waals surface area contributed by atoms with Gasteiger partial charge in [0.2, 0.25) is 0 Å². The lowest BCUT2D eigenvalue weighted by atomic mass is 10.2. The summed E-state index contributed by atoms with van der Waals surface area (Å²) in [6, 6.07) is 0. The van der Waals surface area contributed by atoms with E-state index in [9.17, 15) is 4.79 Å². The number of carbonyl (C=O) groups is 1. The van der Waals surface area contributed by atoms with Gasteiger partial charge in [-0.15, -0.1) is 0 Å². The van der Waals surface area contributed by atoms with E-state index in [1.54, 1.807) is 4.90 Å². The third-order valence-electron chi connectivity index (χ3n) is 3.13. The van der Waals surface area contributed by atoms with E-state index in [1.165, 1.54) is 0 Å². The zero-order valence-electron chi connectivity index (χ0n) is 13.5. The summed E-state index contributed by atoms with van der Waals surface area (Å²) in [4.78, 5) is 19.8. The minimum atomic E-state index is -0.477. The molecule has 0 aliphatic carbocycles. The van der Waals surface area contributed by atoms with E-state index >= 15 is 0 Å². The van der Waals surface area contributed by atoms with Gasteiger partial charge in [-0.2, -0.15) is 0 Å². The Morgan fingerprint density at radius 2 is 1.81 bits per heavy atom. The fraction of sp³-hybridized carbons (Fsp3) is 0.857. The lowest BCUT2D eigenvalue weighted by Crippen LogP contribution is -2.53. The summed E-state index contributed by atoms with van der Waals surface area (Å²) in [5.74, 6) is 0.575. The lowest BCUT2D eigenvalue weighted by molar-refractivity contribution is 0.0186. The molecule has 0 aromatic carbocycles. The smallest absolute Gasteiger partial charge is 0.410 e. The molecule has 0 saturated carbocycles. The summed E-state index contributed by atoms with van der Waals surface area (Å²) in [5, 5.41) is 8.96. The molecule has 1 fully saturated rings. The molecule has 0 bridgehead atoms. The second kappa shape index (κ2) is 7.49. The summed E-state index contributed by atoms with van der Waals surface area (Å²) < 4.78 is 5.35. The van der Waals surface area contributed by atoms with Crippen molar-refractivity contribution in [1.29, 1.82) is 0 Å². The zero-order valence-corrected chi connectivity index (χ0v) is 13.5. The van der Waals surface area contributed by atoms with Crippen molar-refractivity contribution in [2.24, 2.45) is 16.6 Å². The SMILES string of the molecule is CC(CO)CN=C(N)N1CCN(C(=O)OC(C)(C)C)CC1. The molecule has 3 N–H and O–H groups in total. The van der Waals surface area contributed by atoms with Gasteiger partial charge in [-0.05, 0) is 26.7 Å². The van der Waals surface area contributed by atoms with Gasteiger partial charge in [0.15, 0.2) is 5.96 Å². The molecule has 1 unspecified atom stereocenters. The topological polar surface area (TPSA) is 91.4 Å². The Morgan fingerprint density at radius 3 is 2.29 bits per heavy atom. The van der Waals surface area contributed by atoms with Crippen LogP contribution in [0.5, 0.6) is 0 Å². The van der Waals surface area contributed by atoms with Crippen molar-refractivity contribution in [2.75, 3.05) is 39.3 Å². The second-order valence-corrected chi connectivity index (χ2v) is 6.44. The predicted molar refractivity (Wildman–Crippen MR) is 82.1 cm³/mol. The Bertz CT molecular complexity index is 371. The van der Waals surface area contributed by atoms with Crippen molar-refractivity contribution in [3.05, 3.63) is 0 Å². The molecule has 1 rings (SSSR count). The van der Waals surface area contributed by atoms with Gasteiger partial charge in [0.1, 0.15) is 5.60 Å². The first-order valence-corrected chi connectivity index (χ1v) is 7.36. The number of rotatable bonds is 3. The van der Waals surface area contributed by atoms with Crippen molar-refractivity contribution >= 4 is 12.1 Å². The highest BCUT2D eigenvalue weighted by atomic mass is 16.6. The van der Waals surface area contributed by atoms with E-state index in [1.807, 2.05) is 32.6 Å². The zero-order chi connectivity index (χ0) is 16.0. The van der Waals surface area contributed by atoms with E-state index in [-0.39, 0.29) is 18.6 Å². The molecular weight excluding hydrogens is 272 g/mol. The molecule has 1 aliphatic heterocycles. The Kier molecular flexibility index (Phi) is 6.26. The maximum atomic E-state index is 11.9. The molecule has 1 saturated heterocycles. The number of nitrogens with zero attached hydrogens (tertiary/aromatic N) is 3. The Hall–Kier alpha value is -1.50. The molecule has 1 aliphatic rings. The van der Waals surface area contributed by atoms with Crippen LogP contribution in [0.2, 0.25) is 0 Å². The maximum Gasteiger partial charge on any atom is 0.410 e. The monoisotopic (exact) mass is 300 g/mol. The fourth-order valence-electron chi connectivity index (χ4n) is 1.85. The minimum Gasteiger partial charge on any atom is -0.444 e. The van der Waals surface area contributed by atoms with Crippen molar-refractivity contribution in [1.82, 2.24) is 9.80 Å². The number of guanidine groups is 1. The summed E-state index contributed by atoms with van der Waals surface area (Å²) in [5.41, 5.74) is 5.46. The highest BCUT2D eigenvalue weighted by molar-refractivity contribution is 5.78. The number of aliphatic hydroxyl groups excluding tert-OH is 1. The van der Waals surface area contributed by atoms with E-state index in [0.717, 1.165) is 0 Å². The third-order valence-corrected chi connectivity index (χ3v) is 3.13. The average Bonchev–Trinajstić information content (AvgIpc) is 2.42. The number of amides is 1. The molecule has 122 valence electrons. The van der Waals surface area contributed by atoms with Gasteiger partial charge in [0, 0.05) is 39.3 Å². The minimum absolute atomic E-state index is 0.100. The van der Waals surface area contributed by atoms with Crippen molar-refractivity contribution in [3.63, 3.8) is 0 Å². The van der Waals surface area contributed by atoms with Gasteiger partial charge in [0.05, 0.1) is 0 Å². The van der Waals surface area contributed by atoms with Crippen LogP contribution in [0.4, 0.5) is 4.79 Å². The standard InChI is InChI=1S/C14H28N4O3/c1-11(10-19)9-16-12(15)17-5-7-18(8-6-17)13(20)21-14(2,3)4/h11,19H,5-10H2,1-4H3,(H2,15,16). The molecule has 1 atom stereocenters. The number of piperazine rings is 1. The molecule has 0 aromatic rings. The van der Waals surface area contributed by atoms with Crippen molar-refractivity contribution in [3.8, 4) is 0 Å². The Morgan fingerprint density at radius 1 is 1.29 bits per heavy atom. The van der Waals surface area contributed by atoms with E-state index in [0.29, 0.717) is 38.7 Å². The Balaban J connectivity index is 2.43. The second-order valence-electron chi connectivity index (χ2n) is 6.44. The summed E-state index contributed by atoms with van der Waals surface area (Å²) in [6.45, 7) is 10.5. The average molecular weight is 300 g/mol. The third kappa shape index (κ3) is 6.20. The van der Waals surface area contributed by atoms with Gasteiger partial charge >= 0.3 is 6.09 Å². The van der Waals surface area contributed by atoms with Crippen LogP contribution < -0.4 is 5.73 Å². The van der Waals surface area contributed by atoms with Gasteiger partial charge < -0.3 is 25.4 Å². The summed E-state index contributed by atoms with van der Waals surface area (Å²) in [6.07, 6.45) is -0.286. The van der Waals surface area contributed by atoms with E-state index in [2.05, 4.69) is 4.99 Å². The van der Waals surface area contributed by atoms with Gasteiger partial charge in [-0.3, -0.25) is 4.99 Å². The molecule has 0 aromatic heterocycles. The van der Waals surface area contributed by atoms with Crippen LogP contribution in [0.25, 0.3) is 0 Å². The highest BCUT2D eigenvalue weighted by Crippen LogP contribution is 2.11. The summed E-state index contributed by atoms with van der Waals surface area (Å²) in [7, 11) is 0. The van der Waals surface area contributed by atoms with Crippen LogP contribution in [-0.4, -0.2) is 71.9 Å². The largest absolute Gasteiger partial charge is 0.444 e. The Labute approximate surface area is 126 Å². The van der Waals surface area contributed by atoms with Crippen LogP contribution in [0.15, 0.2) is 4.99 Å². The van der Waals surface area contributed by atoms with Gasteiger partial charge in [0.25, 0.3) is 0 Å². The number of carbonyl (C=O) groups excluding carboxylic acids is 1. The van der Waals surface area contributed by atoms with E-state index in [4.69, 9.17) is 15.6 Å². The van der Waals surface area contributed by atoms with Gasteiger partial charge in [-0.1, -0.05) is 6.92 Å². The first-order valence-electron chi connectivity index (χ1n) is 7.36. The predicted octanol–water partition coefficient (Wildman–Crippen LogP) is 0.482.